The Morgan fingerprint density at radius 1 is 1.53 bits per heavy atom. The molecular formula is C13H19NO3. The Balaban J connectivity index is 3.09. The van der Waals surface area contributed by atoms with Gasteiger partial charge in [-0.1, -0.05) is 6.07 Å². The van der Waals surface area contributed by atoms with Crippen LogP contribution in [0.1, 0.15) is 19.4 Å². The maximum Gasteiger partial charge on any atom is 0.255 e. The van der Waals surface area contributed by atoms with E-state index < -0.39 is 6.10 Å². The van der Waals surface area contributed by atoms with Crippen LogP contribution in [0, 0.1) is 6.92 Å². The molecule has 1 unspecified atom stereocenters. The summed E-state index contributed by atoms with van der Waals surface area (Å²) in [6, 6.07) is 4.99. The average molecular weight is 237 g/mol. The van der Waals surface area contributed by atoms with Crippen LogP contribution in [0.15, 0.2) is 18.2 Å². The normalized spacial score (nSPS) is 12.2. The number of hydrogen-bond donors (Lipinski definition) is 1. The molecule has 0 spiro atoms. The first-order valence-corrected chi connectivity index (χ1v) is 5.65. The third kappa shape index (κ3) is 2.97. The van der Waals surface area contributed by atoms with Crippen molar-refractivity contribution in [1.29, 1.82) is 0 Å². The molecule has 1 amide bonds. The Kier molecular flexibility index (Phi) is 4.52. The molecule has 4 heteroatoms. The minimum atomic E-state index is -0.489. The first-order valence-electron chi connectivity index (χ1n) is 5.65. The molecule has 0 aliphatic heterocycles. The van der Waals surface area contributed by atoms with Crippen LogP contribution in [0.5, 0.6) is 5.75 Å². The molecule has 0 aliphatic rings. The fraction of sp³-hybridized carbons (Fsp3) is 0.462. The predicted molar refractivity (Wildman–Crippen MR) is 67.3 cm³/mol. The summed E-state index contributed by atoms with van der Waals surface area (Å²) in [5.74, 6) is 0.0469. The van der Waals surface area contributed by atoms with Gasteiger partial charge < -0.3 is 14.7 Å². The van der Waals surface area contributed by atoms with Gasteiger partial charge in [0.25, 0.3) is 5.91 Å². The molecule has 17 heavy (non-hydrogen) atoms. The zero-order chi connectivity index (χ0) is 13.0. The number of carbonyl (C=O) groups excluding carboxylic acids is 1. The van der Waals surface area contributed by atoms with Crippen LogP contribution in [-0.4, -0.2) is 30.8 Å². The van der Waals surface area contributed by atoms with Crippen LogP contribution in [0.2, 0.25) is 0 Å². The van der Waals surface area contributed by atoms with Crippen molar-refractivity contribution in [1.82, 2.24) is 0 Å². The number of nitrogens with zero attached hydrogens (tertiary/aromatic N) is 1. The molecule has 0 aromatic heterocycles. The minimum Gasteiger partial charge on any atom is -0.508 e. The van der Waals surface area contributed by atoms with Gasteiger partial charge in [0.05, 0.1) is 5.69 Å². The second kappa shape index (κ2) is 5.68. The maximum atomic E-state index is 12.1. The Bertz CT molecular complexity index is 404. The number of ether oxygens (including phenoxy) is 1. The van der Waals surface area contributed by atoms with Gasteiger partial charge in [0.15, 0.2) is 0 Å². The van der Waals surface area contributed by atoms with Crippen LogP contribution >= 0.6 is 0 Å². The van der Waals surface area contributed by atoms with Crippen LogP contribution < -0.4 is 4.90 Å². The van der Waals surface area contributed by atoms with Gasteiger partial charge in [0.1, 0.15) is 11.9 Å². The lowest BCUT2D eigenvalue weighted by molar-refractivity contribution is -0.127. The highest BCUT2D eigenvalue weighted by atomic mass is 16.5. The average Bonchev–Trinajstić information content (AvgIpc) is 2.33. The summed E-state index contributed by atoms with van der Waals surface area (Å²) in [7, 11) is 1.51. The fourth-order valence-electron chi connectivity index (χ4n) is 1.65. The topological polar surface area (TPSA) is 49.8 Å². The SMILES string of the molecule is CCN(C(=O)C(C)OC)c1cc(O)ccc1C. The first-order chi connectivity index (χ1) is 8.01. The molecule has 1 N–H and O–H groups in total. The fourth-order valence-corrected chi connectivity index (χ4v) is 1.65. The van der Waals surface area contributed by atoms with E-state index in [4.69, 9.17) is 4.74 Å². The van der Waals surface area contributed by atoms with Crippen molar-refractivity contribution >= 4 is 11.6 Å². The Morgan fingerprint density at radius 3 is 2.71 bits per heavy atom. The quantitative estimate of drug-likeness (QED) is 0.872. The number of amides is 1. The molecule has 0 fully saturated rings. The number of rotatable bonds is 4. The lowest BCUT2D eigenvalue weighted by Crippen LogP contribution is -2.39. The molecule has 0 saturated heterocycles. The van der Waals surface area contributed by atoms with Gasteiger partial charge >= 0.3 is 0 Å². The Hall–Kier alpha value is -1.55. The molecule has 1 rings (SSSR count). The molecule has 4 nitrogen and oxygen atoms in total. The molecule has 0 aliphatic carbocycles. The third-order valence-electron chi connectivity index (χ3n) is 2.77. The highest BCUT2D eigenvalue weighted by Crippen LogP contribution is 2.25. The molecule has 1 atom stereocenters. The van der Waals surface area contributed by atoms with E-state index in [1.165, 1.54) is 7.11 Å². The summed E-state index contributed by atoms with van der Waals surface area (Å²) < 4.78 is 5.03. The van der Waals surface area contributed by atoms with Crippen LogP contribution in [-0.2, 0) is 9.53 Å². The lowest BCUT2D eigenvalue weighted by Gasteiger charge is -2.25. The van der Waals surface area contributed by atoms with Crippen molar-refractivity contribution < 1.29 is 14.6 Å². The molecule has 94 valence electrons. The van der Waals surface area contributed by atoms with Gasteiger partial charge in [0.2, 0.25) is 0 Å². The van der Waals surface area contributed by atoms with Gasteiger partial charge in [-0.3, -0.25) is 4.79 Å². The molecule has 0 heterocycles. The summed E-state index contributed by atoms with van der Waals surface area (Å²) in [6.07, 6.45) is -0.489. The number of likely N-dealkylation sites (N-methyl/N-ethyl adjacent to an activating group) is 1. The van der Waals surface area contributed by atoms with E-state index in [1.807, 2.05) is 13.8 Å². The van der Waals surface area contributed by atoms with E-state index in [0.29, 0.717) is 6.54 Å². The van der Waals surface area contributed by atoms with Crippen molar-refractivity contribution in [2.24, 2.45) is 0 Å². The van der Waals surface area contributed by atoms with Crippen molar-refractivity contribution in [2.75, 3.05) is 18.6 Å². The zero-order valence-electron chi connectivity index (χ0n) is 10.7. The van der Waals surface area contributed by atoms with Gasteiger partial charge in [-0.25, -0.2) is 0 Å². The van der Waals surface area contributed by atoms with Gasteiger partial charge in [0, 0.05) is 19.7 Å². The van der Waals surface area contributed by atoms with Gasteiger partial charge in [-0.2, -0.15) is 0 Å². The Labute approximate surface area is 102 Å². The Morgan fingerprint density at radius 2 is 2.18 bits per heavy atom. The summed E-state index contributed by atoms with van der Waals surface area (Å²) >= 11 is 0. The number of phenols is 1. The number of benzene rings is 1. The van der Waals surface area contributed by atoms with E-state index in [0.717, 1.165) is 11.3 Å². The standard InChI is InChI=1S/C13H19NO3/c1-5-14(13(16)10(3)17-4)12-8-11(15)7-6-9(12)2/h6-8,10,15H,5H2,1-4H3. The molecule has 0 saturated carbocycles. The van der Waals surface area contributed by atoms with Gasteiger partial charge in [-0.15, -0.1) is 0 Å². The molecule has 0 bridgehead atoms. The van der Waals surface area contributed by atoms with Crippen LogP contribution in [0.4, 0.5) is 5.69 Å². The van der Waals surface area contributed by atoms with Crippen molar-refractivity contribution in [3.05, 3.63) is 23.8 Å². The number of aryl methyl sites for hydroxylation is 1. The van der Waals surface area contributed by atoms with E-state index in [9.17, 15) is 9.90 Å². The minimum absolute atomic E-state index is 0.108. The van der Waals surface area contributed by atoms with E-state index in [-0.39, 0.29) is 11.7 Å². The summed E-state index contributed by atoms with van der Waals surface area (Å²) in [4.78, 5) is 13.7. The number of methoxy groups -OCH3 is 1. The van der Waals surface area contributed by atoms with Crippen LogP contribution in [0.3, 0.4) is 0 Å². The second-order valence-corrected chi connectivity index (χ2v) is 3.93. The number of carbonyl (C=O) groups is 1. The number of anilines is 1. The maximum absolute atomic E-state index is 12.1. The summed E-state index contributed by atoms with van der Waals surface area (Å²) in [5.41, 5.74) is 1.67. The highest BCUT2D eigenvalue weighted by molar-refractivity contribution is 5.97. The number of hydrogen-bond acceptors (Lipinski definition) is 3. The lowest BCUT2D eigenvalue weighted by atomic mass is 10.1. The first kappa shape index (κ1) is 13.5. The van der Waals surface area contributed by atoms with E-state index >= 15 is 0 Å². The summed E-state index contributed by atoms with van der Waals surface area (Å²) in [5, 5.41) is 9.49. The molecular weight excluding hydrogens is 218 g/mol. The van der Waals surface area contributed by atoms with E-state index in [2.05, 4.69) is 0 Å². The van der Waals surface area contributed by atoms with E-state index in [1.54, 1.807) is 30.0 Å². The smallest absolute Gasteiger partial charge is 0.255 e. The zero-order valence-corrected chi connectivity index (χ0v) is 10.7. The molecule has 1 aromatic carbocycles. The van der Waals surface area contributed by atoms with Crippen molar-refractivity contribution in [3.8, 4) is 5.75 Å². The monoisotopic (exact) mass is 237 g/mol. The second-order valence-electron chi connectivity index (χ2n) is 3.93. The molecule has 0 radical (unpaired) electrons. The van der Waals surface area contributed by atoms with Gasteiger partial charge in [-0.05, 0) is 32.4 Å². The largest absolute Gasteiger partial charge is 0.508 e. The third-order valence-corrected chi connectivity index (χ3v) is 2.77. The number of phenolic OH excluding ortho intramolecular Hbond substituents is 1. The molecule has 1 aromatic rings. The number of aromatic hydroxyl groups is 1. The highest BCUT2D eigenvalue weighted by Gasteiger charge is 2.21. The summed E-state index contributed by atoms with van der Waals surface area (Å²) in [6.45, 7) is 6.05. The predicted octanol–water partition coefficient (Wildman–Crippen LogP) is 2.09. The van der Waals surface area contributed by atoms with Crippen molar-refractivity contribution in [3.63, 3.8) is 0 Å². The van der Waals surface area contributed by atoms with Crippen molar-refractivity contribution in [2.45, 2.75) is 26.9 Å². The van der Waals surface area contributed by atoms with Crippen LogP contribution in [0.25, 0.3) is 0 Å².